The van der Waals surface area contributed by atoms with E-state index in [0.29, 0.717) is 12.5 Å². The first-order valence-electron chi connectivity index (χ1n) is 6.07. The molecule has 0 spiro atoms. The Labute approximate surface area is 114 Å². The second-order valence-corrected chi connectivity index (χ2v) is 5.64. The molecule has 3 heterocycles. The van der Waals surface area contributed by atoms with Gasteiger partial charge in [-0.05, 0) is 28.3 Å². The van der Waals surface area contributed by atoms with Crippen LogP contribution in [0.15, 0.2) is 23.2 Å². The number of imidazole rings is 1. The van der Waals surface area contributed by atoms with Crippen molar-refractivity contribution in [2.24, 2.45) is 5.92 Å². The number of nitrogens with zero attached hydrogens (tertiary/aromatic N) is 4. The van der Waals surface area contributed by atoms with E-state index in [0.717, 1.165) is 29.0 Å². The normalized spacial score (nSPS) is 24.7. The molecule has 2 unspecified atom stereocenters. The fourth-order valence-corrected chi connectivity index (χ4v) is 2.73. The molecule has 0 saturated carbocycles. The highest BCUT2D eigenvalue weighted by Gasteiger charge is 2.26. The van der Waals surface area contributed by atoms with Crippen molar-refractivity contribution in [2.75, 3.05) is 18.0 Å². The maximum absolute atomic E-state index is 9.99. The zero-order valence-corrected chi connectivity index (χ0v) is 11.7. The highest BCUT2D eigenvalue weighted by atomic mass is 79.9. The monoisotopic (exact) mass is 310 g/mol. The molecular weight excluding hydrogens is 296 g/mol. The predicted octanol–water partition coefficient (Wildman–Crippen LogP) is 1.70. The lowest BCUT2D eigenvalue weighted by atomic mass is 9.96. The van der Waals surface area contributed by atoms with Gasteiger partial charge in [-0.2, -0.15) is 0 Å². The van der Waals surface area contributed by atoms with E-state index in [-0.39, 0.29) is 6.10 Å². The minimum atomic E-state index is -0.297. The van der Waals surface area contributed by atoms with Gasteiger partial charge < -0.3 is 14.4 Å². The predicted molar refractivity (Wildman–Crippen MR) is 72.7 cm³/mol. The molecule has 0 aromatic carbocycles. The highest BCUT2D eigenvalue weighted by Crippen LogP contribution is 2.26. The lowest BCUT2D eigenvalue weighted by molar-refractivity contribution is 0.102. The molecule has 6 heteroatoms. The number of aliphatic hydroxyl groups is 1. The molecule has 2 atom stereocenters. The van der Waals surface area contributed by atoms with Gasteiger partial charge in [-0.3, -0.25) is 0 Å². The van der Waals surface area contributed by atoms with Gasteiger partial charge in [0.2, 0.25) is 0 Å². The molecule has 96 valence electrons. The largest absolute Gasteiger partial charge is 0.391 e. The standard InChI is InChI=1S/C12H15BrN4O/c1-8-2-4-16(6-9(8)18)12-11-14-3-5-17(11)7-10(13)15-12/h3,5,7-9,18H,2,4,6H2,1H3. The number of piperidine rings is 1. The van der Waals surface area contributed by atoms with Gasteiger partial charge in [0.1, 0.15) is 4.60 Å². The van der Waals surface area contributed by atoms with Gasteiger partial charge in [-0.25, -0.2) is 9.97 Å². The molecule has 1 aliphatic heterocycles. The van der Waals surface area contributed by atoms with Crippen molar-refractivity contribution in [3.05, 3.63) is 23.2 Å². The summed E-state index contributed by atoms with van der Waals surface area (Å²) in [6, 6.07) is 0. The van der Waals surface area contributed by atoms with Crippen molar-refractivity contribution >= 4 is 27.4 Å². The molecule has 2 aromatic heterocycles. The van der Waals surface area contributed by atoms with Crippen molar-refractivity contribution in [2.45, 2.75) is 19.4 Å². The third-order valence-electron chi connectivity index (χ3n) is 3.55. The summed E-state index contributed by atoms with van der Waals surface area (Å²) in [7, 11) is 0. The van der Waals surface area contributed by atoms with Crippen LogP contribution in [-0.2, 0) is 0 Å². The van der Waals surface area contributed by atoms with E-state index in [1.54, 1.807) is 6.20 Å². The topological polar surface area (TPSA) is 53.7 Å². The number of aromatic nitrogens is 3. The third-order valence-corrected chi connectivity index (χ3v) is 3.93. The average molecular weight is 311 g/mol. The zero-order valence-electron chi connectivity index (χ0n) is 10.1. The van der Waals surface area contributed by atoms with E-state index in [1.807, 2.05) is 16.8 Å². The van der Waals surface area contributed by atoms with Crippen molar-refractivity contribution in [1.29, 1.82) is 0 Å². The van der Waals surface area contributed by atoms with Crippen LogP contribution in [0.25, 0.3) is 5.65 Å². The van der Waals surface area contributed by atoms with Crippen LogP contribution in [0.5, 0.6) is 0 Å². The van der Waals surface area contributed by atoms with Crippen LogP contribution in [0.2, 0.25) is 0 Å². The molecule has 3 rings (SSSR count). The Kier molecular flexibility index (Phi) is 2.99. The summed E-state index contributed by atoms with van der Waals surface area (Å²) < 4.78 is 2.72. The Morgan fingerprint density at radius 1 is 1.50 bits per heavy atom. The fraction of sp³-hybridized carbons (Fsp3) is 0.500. The highest BCUT2D eigenvalue weighted by molar-refractivity contribution is 9.10. The minimum absolute atomic E-state index is 0.297. The summed E-state index contributed by atoms with van der Waals surface area (Å²) in [5.41, 5.74) is 0.833. The van der Waals surface area contributed by atoms with Gasteiger partial charge in [-0.1, -0.05) is 6.92 Å². The Hall–Kier alpha value is -1.14. The van der Waals surface area contributed by atoms with Crippen LogP contribution < -0.4 is 4.90 Å². The van der Waals surface area contributed by atoms with Crippen LogP contribution in [0, 0.1) is 5.92 Å². The van der Waals surface area contributed by atoms with Gasteiger partial charge in [0.25, 0.3) is 0 Å². The Balaban J connectivity index is 2.01. The lowest BCUT2D eigenvalue weighted by Gasteiger charge is -2.35. The van der Waals surface area contributed by atoms with E-state index in [2.05, 4.69) is 37.7 Å². The van der Waals surface area contributed by atoms with Gasteiger partial charge in [0.15, 0.2) is 11.5 Å². The molecule has 1 fully saturated rings. The fourth-order valence-electron chi connectivity index (χ4n) is 2.34. The van der Waals surface area contributed by atoms with Gasteiger partial charge in [-0.15, -0.1) is 0 Å². The maximum atomic E-state index is 9.99. The van der Waals surface area contributed by atoms with Crippen molar-refractivity contribution in [1.82, 2.24) is 14.4 Å². The quantitative estimate of drug-likeness (QED) is 0.871. The van der Waals surface area contributed by atoms with Crippen molar-refractivity contribution in [3.8, 4) is 0 Å². The van der Waals surface area contributed by atoms with Crippen molar-refractivity contribution < 1.29 is 5.11 Å². The molecule has 18 heavy (non-hydrogen) atoms. The van der Waals surface area contributed by atoms with Gasteiger partial charge in [0, 0.05) is 31.7 Å². The van der Waals surface area contributed by atoms with Crippen LogP contribution in [0.4, 0.5) is 5.82 Å². The van der Waals surface area contributed by atoms with Gasteiger partial charge >= 0.3 is 0 Å². The van der Waals surface area contributed by atoms with E-state index >= 15 is 0 Å². The molecule has 0 amide bonds. The Morgan fingerprint density at radius 3 is 3.11 bits per heavy atom. The number of halogens is 1. The minimum Gasteiger partial charge on any atom is -0.391 e. The number of aliphatic hydroxyl groups excluding tert-OH is 1. The summed E-state index contributed by atoms with van der Waals surface area (Å²) in [4.78, 5) is 10.9. The SMILES string of the molecule is CC1CCN(c2nc(Br)cn3ccnc23)CC1O. The lowest BCUT2D eigenvalue weighted by Crippen LogP contribution is -2.43. The van der Waals surface area contributed by atoms with Crippen LogP contribution in [0.3, 0.4) is 0 Å². The molecule has 1 N–H and O–H groups in total. The summed E-state index contributed by atoms with van der Waals surface area (Å²) in [6.07, 6.45) is 6.22. The van der Waals surface area contributed by atoms with Crippen molar-refractivity contribution in [3.63, 3.8) is 0 Å². The number of rotatable bonds is 1. The average Bonchev–Trinajstić information content (AvgIpc) is 2.79. The number of anilines is 1. The molecule has 1 saturated heterocycles. The summed E-state index contributed by atoms with van der Waals surface area (Å²) in [5, 5.41) is 9.99. The molecular formula is C12H15BrN4O. The van der Waals surface area contributed by atoms with Crippen LogP contribution in [0.1, 0.15) is 13.3 Å². The first-order chi connectivity index (χ1) is 8.65. The molecule has 1 aliphatic rings. The molecule has 0 aliphatic carbocycles. The number of hydrogen-bond acceptors (Lipinski definition) is 4. The van der Waals surface area contributed by atoms with Crippen LogP contribution in [-0.4, -0.2) is 38.7 Å². The second kappa shape index (κ2) is 4.51. The van der Waals surface area contributed by atoms with Crippen LogP contribution >= 0.6 is 15.9 Å². The number of β-amino-alcohol motifs (C(OH)–C–C–N with tert-alkyl or cyclic N) is 1. The first-order valence-corrected chi connectivity index (χ1v) is 6.86. The Bertz CT molecular complexity index is 570. The Morgan fingerprint density at radius 2 is 2.33 bits per heavy atom. The first kappa shape index (κ1) is 11.9. The molecule has 0 bridgehead atoms. The summed E-state index contributed by atoms with van der Waals surface area (Å²) >= 11 is 3.41. The maximum Gasteiger partial charge on any atom is 0.180 e. The van der Waals surface area contributed by atoms with E-state index in [9.17, 15) is 5.11 Å². The third kappa shape index (κ3) is 1.99. The number of fused-ring (bicyclic) bond motifs is 1. The molecule has 2 aromatic rings. The van der Waals surface area contributed by atoms with E-state index in [1.165, 1.54) is 0 Å². The summed E-state index contributed by atoms with van der Waals surface area (Å²) in [6.45, 7) is 3.61. The van der Waals surface area contributed by atoms with E-state index in [4.69, 9.17) is 0 Å². The molecule has 0 radical (unpaired) electrons. The molecule has 5 nitrogen and oxygen atoms in total. The second-order valence-electron chi connectivity index (χ2n) is 4.82. The van der Waals surface area contributed by atoms with E-state index < -0.39 is 0 Å². The number of hydrogen-bond donors (Lipinski definition) is 1. The van der Waals surface area contributed by atoms with Gasteiger partial charge in [0.05, 0.1) is 6.10 Å². The summed E-state index contributed by atoms with van der Waals surface area (Å²) in [5.74, 6) is 1.18. The zero-order chi connectivity index (χ0) is 12.7. The smallest absolute Gasteiger partial charge is 0.180 e.